The summed E-state index contributed by atoms with van der Waals surface area (Å²) in [5, 5.41) is 0. The van der Waals surface area contributed by atoms with Crippen LogP contribution in [0.3, 0.4) is 0 Å². The molecular weight excluding hydrogens is 228 g/mol. The molecule has 2 heterocycles. The number of carbonyl (C=O) groups is 1. The van der Waals surface area contributed by atoms with E-state index in [-0.39, 0.29) is 11.9 Å². The van der Waals surface area contributed by atoms with Gasteiger partial charge in [0.05, 0.1) is 11.9 Å². The molecule has 1 aliphatic heterocycles. The molecule has 0 aliphatic carbocycles. The summed E-state index contributed by atoms with van der Waals surface area (Å²) in [4.78, 5) is 24.2. The minimum atomic E-state index is 0.0428. The molecule has 5 heteroatoms. The highest BCUT2D eigenvalue weighted by Gasteiger charge is 2.23. The van der Waals surface area contributed by atoms with Gasteiger partial charge in [0.15, 0.2) is 0 Å². The molecule has 0 N–H and O–H groups in total. The molecular formula is C13H18N4O. The number of likely N-dealkylation sites (N-methyl/N-ethyl adjacent to an activating group) is 1. The third-order valence-corrected chi connectivity index (χ3v) is 3.09. The number of hydrogen-bond acceptors (Lipinski definition) is 4. The van der Waals surface area contributed by atoms with E-state index in [1.165, 1.54) is 0 Å². The molecule has 0 aromatic carbocycles. The molecule has 1 saturated heterocycles. The predicted molar refractivity (Wildman–Crippen MR) is 69.7 cm³/mol. The lowest BCUT2D eigenvalue weighted by molar-refractivity contribution is -0.130. The summed E-state index contributed by atoms with van der Waals surface area (Å²) < 4.78 is 0. The van der Waals surface area contributed by atoms with Crippen molar-refractivity contribution in [2.45, 2.75) is 13.0 Å². The Bertz CT molecular complexity index is 432. The fraction of sp³-hybridized carbons (Fsp3) is 0.462. The molecule has 0 spiro atoms. The summed E-state index contributed by atoms with van der Waals surface area (Å²) in [6, 6.07) is 0.253. The number of rotatable bonds is 2. The standard InChI is InChI=1S/C13H18N4O/c1-11-10-16(2)7-8-17(11)13(18)4-3-12-9-14-5-6-15-12/h3-6,9,11H,7-8,10H2,1-2H3/b4-3+. The minimum Gasteiger partial charge on any atom is -0.334 e. The molecule has 1 aromatic rings. The second-order valence-electron chi connectivity index (χ2n) is 4.61. The van der Waals surface area contributed by atoms with Crippen LogP contribution in [0.15, 0.2) is 24.7 Å². The molecule has 0 radical (unpaired) electrons. The lowest BCUT2D eigenvalue weighted by Crippen LogP contribution is -2.52. The summed E-state index contributed by atoms with van der Waals surface area (Å²) in [6.45, 7) is 4.70. The van der Waals surface area contributed by atoms with E-state index >= 15 is 0 Å². The van der Waals surface area contributed by atoms with E-state index in [1.807, 2.05) is 4.90 Å². The molecule has 1 unspecified atom stereocenters. The zero-order valence-electron chi connectivity index (χ0n) is 10.8. The first-order valence-electron chi connectivity index (χ1n) is 6.10. The van der Waals surface area contributed by atoms with Crippen LogP contribution in [0.25, 0.3) is 6.08 Å². The maximum atomic E-state index is 12.1. The largest absolute Gasteiger partial charge is 0.334 e. The Morgan fingerprint density at radius 3 is 2.94 bits per heavy atom. The van der Waals surface area contributed by atoms with Crippen molar-refractivity contribution in [1.82, 2.24) is 19.8 Å². The van der Waals surface area contributed by atoms with E-state index in [1.54, 1.807) is 30.7 Å². The predicted octanol–water partition coefficient (Wildman–Crippen LogP) is 0.652. The second-order valence-corrected chi connectivity index (χ2v) is 4.61. The third-order valence-electron chi connectivity index (χ3n) is 3.09. The number of hydrogen-bond donors (Lipinski definition) is 0. The highest BCUT2D eigenvalue weighted by molar-refractivity contribution is 5.91. The molecule has 96 valence electrons. The van der Waals surface area contributed by atoms with E-state index in [0.29, 0.717) is 5.69 Å². The molecule has 18 heavy (non-hydrogen) atoms. The Morgan fingerprint density at radius 1 is 1.44 bits per heavy atom. The van der Waals surface area contributed by atoms with Gasteiger partial charge in [-0.15, -0.1) is 0 Å². The van der Waals surface area contributed by atoms with E-state index < -0.39 is 0 Å². The van der Waals surface area contributed by atoms with Crippen LogP contribution in [0.4, 0.5) is 0 Å². The molecule has 0 saturated carbocycles. The first-order valence-corrected chi connectivity index (χ1v) is 6.10. The van der Waals surface area contributed by atoms with Gasteiger partial charge in [0.25, 0.3) is 0 Å². The van der Waals surface area contributed by atoms with E-state index in [9.17, 15) is 4.79 Å². The number of nitrogens with zero attached hydrogens (tertiary/aromatic N) is 4. The molecule has 0 bridgehead atoms. The zero-order chi connectivity index (χ0) is 13.0. The van der Waals surface area contributed by atoms with Crippen LogP contribution in [0.1, 0.15) is 12.6 Å². The van der Waals surface area contributed by atoms with Crippen molar-refractivity contribution in [3.63, 3.8) is 0 Å². The van der Waals surface area contributed by atoms with Crippen LogP contribution in [0, 0.1) is 0 Å². The van der Waals surface area contributed by atoms with Gasteiger partial charge in [0, 0.05) is 44.1 Å². The van der Waals surface area contributed by atoms with Crippen molar-refractivity contribution in [2.75, 3.05) is 26.7 Å². The molecule has 1 amide bonds. The monoisotopic (exact) mass is 246 g/mol. The highest BCUT2D eigenvalue weighted by atomic mass is 16.2. The molecule has 5 nitrogen and oxygen atoms in total. The summed E-state index contributed by atoms with van der Waals surface area (Å²) in [5.74, 6) is 0.0428. The normalized spacial score (nSPS) is 21.4. The van der Waals surface area contributed by atoms with Gasteiger partial charge >= 0.3 is 0 Å². The van der Waals surface area contributed by atoms with Gasteiger partial charge in [-0.2, -0.15) is 0 Å². The zero-order valence-corrected chi connectivity index (χ0v) is 10.8. The number of amides is 1. The Hall–Kier alpha value is -1.75. The summed E-state index contributed by atoms with van der Waals surface area (Å²) >= 11 is 0. The van der Waals surface area contributed by atoms with Gasteiger partial charge in [-0.3, -0.25) is 14.8 Å². The van der Waals surface area contributed by atoms with Gasteiger partial charge in [-0.25, -0.2) is 0 Å². The van der Waals surface area contributed by atoms with E-state index in [0.717, 1.165) is 19.6 Å². The van der Waals surface area contributed by atoms with Crippen LogP contribution in [0.2, 0.25) is 0 Å². The summed E-state index contributed by atoms with van der Waals surface area (Å²) in [7, 11) is 2.08. The fourth-order valence-electron chi connectivity index (χ4n) is 2.12. The van der Waals surface area contributed by atoms with Crippen molar-refractivity contribution in [2.24, 2.45) is 0 Å². The van der Waals surface area contributed by atoms with Gasteiger partial charge in [0.2, 0.25) is 5.91 Å². The SMILES string of the molecule is CC1CN(C)CCN1C(=O)/C=C/c1cnccn1. The second kappa shape index (κ2) is 5.73. The molecule has 1 aromatic heterocycles. The van der Waals surface area contributed by atoms with Crippen molar-refractivity contribution in [3.05, 3.63) is 30.4 Å². The third kappa shape index (κ3) is 3.13. The van der Waals surface area contributed by atoms with Crippen LogP contribution < -0.4 is 0 Å². The molecule has 1 fully saturated rings. The lowest BCUT2D eigenvalue weighted by Gasteiger charge is -2.37. The highest BCUT2D eigenvalue weighted by Crippen LogP contribution is 2.09. The van der Waals surface area contributed by atoms with Crippen molar-refractivity contribution >= 4 is 12.0 Å². The topological polar surface area (TPSA) is 49.3 Å². The minimum absolute atomic E-state index is 0.0428. The van der Waals surface area contributed by atoms with Crippen molar-refractivity contribution in [3.8, 4) is 0 Å². The van der Waals surface area contributed by atoms with Crippen LogP contribution in [-0.4, -0.2) is 58.4 Å². The first kappa shape index (κ1) is 12.7. The molecule has 2 rings (SSSR count). The first-order chi connectivity index (χ1) is 8.66. The number of carbonyl (C=O) groups excluding carboxylic acids is 1. The van der Waals surface area contributed by atoms with Crippen molar-refractivity contribution in [1.29, 1.82) is 0 Å². The Morgan fingerprint density at radius 2 is 2.28 bits per heavy atom. The average molecular weight is 246 g/mol. The van der Waals surface area contributed by atoms with Crippen LogP contribution >= 0.6 is 0 Å². The summed E-state index contributed by atoms with van der Waals surface area (Å²) in [5.41, 5.74) is 0.702. The number of piperazine rings is 1. The van der Waals surface area contributed by atoms with Gasteiger partial charge in [0.1, 0.15) is 0 Å². The Kier molecular flexibility index (Phi) is 4.04. The smallest absolute Gasteiger partial charge is 0.246 e. The van der Waals surface area contributed by atoms with Crippen LogP contribution in [-0.2, 0) is 4.79 Å². The summed E-state index contributed by atoms with van der Waals surface area (Å²) in [6.07, 6.45) is 8.15. The maximum absolute atomic E-state index is 12.1. The maximum Gasteiger partial charge on any atom is 0.246 e. The Balaban J connectivity index is 1.98. The van der Waals surface area contributed by atoms with Crippen molar-refractivity contribution < 1.29 is 4.79 Å². The van der Waals surface area contributed by atoms with E-state index in [2.05, 4.69) is 28.8 Å². The van der Waals surface area contributed by atoms with Gasteiger partial charge < -0.3 is 9.80 Å². The van der Waals surface area contributed by atoms with Crippen LogP contribution in [0.5, 0.6) is 0 Å². The number of aromatic nitrogens is 2. The molecule has 1 aliphatic rings. The quantitative estimate of drug-likeness (QED) is 0.719. The van der Waals surface area contributed by atoms with E-state index in [4.69, 9.17) is 0 Å². The average Bonchev–Trinajstić information content (AvgIpc) is 2.37. The fourth-order valence-corrected chi connectivity index (χ4v) is 2.12. The van der Waals surface area contributed by atoms with Gasteiger partial charge in [-0.05, 0) is 20.0 Å². The van der Waals surface area contributed by atoms with Gasteiger partial charge in [-0.1, -0.05) is 0 Å². The Labute approximate surface area is 107 Å². The lowest BCUT2D eigenvalue weighted by atomic mass is 10.2. The molecule has 1 atom stereocenters.